The fourth-order valence-electron chi connectivity index (χ4n) is 2.55. The van der Waals surface area contributed by atoms with Crippen LogP contribution >= 0.6 is 0 Å². The molecule has 3 amide bonds. The third kappa shape index (κ3) is 4.68. The Hall–Kier alpha value is -2.13. The molecule has 0 aliphatic carbocycles. The van der Waals surface area contributed by atoms with E-state index in [1.54, 1.807) is 11.0 Å². The predicted molar refractivity (Wildman–Crippen MR) is 90.2 cm³/mol. The van der Waals surface area contributed by atoms with E-state index in [0.29, 0.717) is 19.5 Å². The summed E-state index contributed by atoms with van der Waals surface area (Å²) in [5.74, 6) is -0.410. The van der Waals surface area contributed by atoms with Crippen LogP contribution in [-0.4, -0.2) is 40.0 Å². The van der Waals surface area contributed by atoms with Crippen LogP contribution < -0.4 is 20.7 Å². The number of amides is 3. The molecule has 0 atom stereocenters. The minimum Gasteiger partial charge on any atom is -0.362 e. The molecule has 0 fully saturated rings. The molecule has 0 bridgehead atoms. The molecule has 1 aliphatic heterocycles. The van der Waals surface area contributed by atoms with E-state index in [0.717, 1.165) is 24.1 Å². The average molecular weight is 354 g/mol. The van der Waals surface area contributed by atoms with Crippen molar-refractivity contribution < 1.29 is 18.0 Å². The summed E-state index contributed by atoms with van der Waals surface area (Å²) in [5, 5.41) is 10.0. The molecule has 1 aromatic carbocycles. The van der Waals surface area contributed by atoms with Crippen LogP contribution in [0.15, 0.2) is 23.1 Å². The summed E-state index contributed by atoms with van der Waals surface area (Å²) in [5.41, 5.74) is 1.60. The Kier molecular flexibility index (Phi) is 5.79. The Bertz CT molecular complexity index is 733. The first kappa shape index (κ1) is 18.2. The summed E-state index contributed by atoms with van der Waals surface area (Å²) in [6.45, 7) is 3.15. The summed E-state index contributed by atoms with van der Waals surface area (Å²) < 4.78 is 22.8. The number of urea groups is 1. The zero-order valence-electron chi connectivity index (χ0n) is 13.5. The van der Waals surface area contributed by atoms with Crippen molar-refractivity contribution in [2.24, 2.45) is 5.14 Å². The van der Waals surface area contributed by atoms with Crippen molar-refractivity contribution in [2.75, 3.05) is 24.5 Å². The van der Waals surface area contributed by atoms with E-state index in [-0.39, 0.29) is 11.4 Å². The number of nitrogens with one attached hydrogen (secondary N) is 2. The lowest BCUT2D eigenvalue weighted by molar-refractivity contribution is -0.118. The van der Waals surface area contributed by atoms with Crippen LogP contribution in [0, 0.1) is 0 Å². The van der Waals surface area contributed by atoms with E-state index in [9.17, 15) is 18.0 Å². The monoisotopic (exact) mass is 354 g/mol. The number of fused-ring (bicyclic) bond motifs is 1. The Morgan fingerprint density at radius 3 is 2.75 bits per heavy atom. The number of sulfonamides is 1. The minimum atomic E-state index is -3.74. The molecular weight excluding hydrogens is 332 g/mol. The summed E-state index contributed by atoms with van der Waals surface area (Å²) >= 11 is 0. The van der Waals surface area contributed by atoms with E-state index in [1.807, 2.05) is 6.92 Å². The third-order valence-corrected chi connectivity index (χ3v) is 4.69. The maximum absolute atomic E-state index is 11.9. The number of unbranched alkanes of at least 4 members (excludes halogenated alkanes) is 1. The van der Waals surface area contributed by atoms with Crippen LogP contribution in [0.3, 0.4) is 0 Å². The van der Waals surface area contributed by atoms with Gasteiger partial charge in [0.25, 0.3) is 0 Å². The maximum Gasteiger partial charge on any atom is 0.321 e. The lowest BCUT2D eigenvalue weighted by Gasteiger charge is -2.18. The highest BCUT2D eigenvalue weighted by molar-refractivity contribution is 7.89. The number of hydrogen-bond donors (Lipinski definition) is 3. The summed E-state index contributed by atoms with van der Waals surface area (Å²) in [7, 11) is -3.74. The zero-order valence-corrected chi connectivity index (χ0v) is 14.4. The Labute approximate surface area is 141 Å². The van der Waals surface area contributed by atoms with Gasteiger partial charge in [0.1, 0.15) is 0 Å². The van der Waals surface area contributed by atoms with Gasteiger partial charge in [-0.1, -0.05) is 13.3 Å². The Morgan fingerprint density at radius 2 is 2.08 bits per heavy atom. The highest BCUT2D eigenvalue weighted by Gasteiger charge is 2.23. The van der Waals surface area contributed by atoms with Crippen LogP contribution in [0.5, 0.6) is 0 Å². The van der Waals surface area contributed by atoms with Gasteiger partial charge in [-0.05, 0) is 36.6 Å². The van der Waals surface area contributed by atoms with Gasteiger partial charge >= 0.3 is 6.03 Å². The minimum absolute atomic E-state index is 0.0307. The topological polar surface area (TPSA) is 122 Å². The molecule has 1 aliphatic rings. The summed E-state index contributed by atoms with van der Waals surface area (Å²) in [6, 6.07) is 4.08. The van der Waals surface area contributed by atoms with Crippen molar-refractivity contribution in [2.45, 2.75) is 31.1 Å². The van der Waals surface area contributed by atoms with Gasteiger partial charge in [0, 0.05) is 18.8 Å². The van der Waals surface area contributed by atoms with E-state index in [4.69, 9.17) is 5.14 Å². The molecule has 4 N–H and O–H groups in total. The number of imide groups is 1. The average Bonchev–Trinajstić information content (AvgIpc) is 2.89. The molecule has 1 heterocycles. The Morgan fingerprint density at radius 1 is 1.33 bits per heavy atom. The van der Waals surface area contributed by atoms with Gasteiger partial charge in [-0.3, -0.25) is 10.1 Å². The molecule has 0 spiro atoms. The molecule has 0 saturated carbocycles. The summed E-state index contributed by atoms with van der Waals surface area (Å²) in [6.07, 6.45) is 2.43. The number of anilines is 1. The first-order valence-corrected chi connectivity index (χ1v) is 9.34. The fourth-order valence-corrected chi connectivity index (χ4v) is 3.11. The van der Waals surface area contributed by atoms with Gasteiger partial charge in [0.15, 0.2) is 0 Å². The number of carbonyl (C=O) groups excluding carboxylic acids is 2. The molecule has 8 nitrogen and oxygen atoms in total. The lowest BCUT2D eigenvalue weighted by atomic mass is 10.2. The van der Waals surface area contributed by atoms with E-state index in [2.05, 4.69) is 10.6 Å². The largest absolute Gasteiger partial charge is 0.362 e. The maximum atomic E-state index is 11.9. The van der Waals surface area contributed by atoms with Crippen molar-refractivity contribution in [3.63, 3.8) is 0 Å². The molecule has 1 aromatic rings. The fraction of sp³-hybridized carbons (Fsp3) is 0.467. The van der Waals surface area contributed by atoms with E-state index in [1.165, 1.54) is 12.1 Å². The Balaban J connectivity index is 1.94. The van der Waals surface area contributed by atoms with Gasteiger partial charge in [-0.25, -0.2) is 18.4 Å². The quantitative estimate of drug-likeness (QED) is 0.635. The molecule has 24 heavy (non-hydrogen) atoms. The van der Waals surface area contributed by atoms with Gasteiger partial charge in [-0.15, -0.1) is 0 Å². The van der Waals surface area contributed by atoms with Crippen LogP contribution in [0.4, 0.5) is 10.5 Å². The van der Waals surface area contributed by atoms with Gasteiger partial charge in [0.05, 0.1) is 11.4 Å². The zero-order chi connectivity index (χ0) is 17.7. The van der Waals surface area contributed by atoms with Crippen LogP contribution in [-0.2, 0) is 21.2 Å². The second-order valence-corrected chi connectivity index (χ2v) is 7.23. The number of carbonyl (C=O) groups is 2. The highest BCUT2D eigenvalue weighted by Crippen LogP contribution is 2.29. The number of nitrogens with two attached hydrogens (primary N) is 1. The van der Waals surface area contributed by atoms with Crippen molar-refractivity contribution in [3.05, 3.63) is 23.8 Å². The highest BCUT2D eigenvalue weighted by atomic mass is 32.2. The second kappa shape index (κ2) is 7.63. The molecule has 2 rings (SSSR count). The van der Waals surface area contributed by atoms with Crippen molar-refractivity contribution >= 4 is 27.6 Å². The van der Waals surface area contributed by atoms with E-state index >= 15 is 0 Å². The first-order valence-electron chi connectivity index (χ1n) is 7.79. The number of nitrogens with zero attached hydrogens (tertiary/aromatic N) is 1. The standard InChI is InChI=1S/C15H22N4O4S/c1-2-3-7-17-15(21)18-14(20)10-19-8-6-11-9-12(24(16,22)23)4-5-13(11)19/h4-5,9H,2-3,6-8,10H2,1H3,(H2,16,22,23)(H2,17,18,20,21). The smallest absolute Gasteiger partial charge is 0.321 e. The van der Waals surface area contributed by atoms with Gasteiger partial charge in [0.2, 0.25) is 15.9 Å². The van der Waals surface area contributed by atoms with Gasteiger partial charge in [-0.2, -0.15) is 0 Å². The van der Waals surface area contributed by atoms with Crippen LogP contribution in [0.2, 0.25) is 0 Å². The SMILES string of the molecule is CCCCNC(=O)NC(=O)CN1CCc2cc(S(N)(=O)=O)ccc21. The van der Waals surface area contributed by atoms with E-state index < -0.39 is 22.0 Å². The molecule has 0 radical (unpaired) electrons. The number of primary sulfonamides is 1. The first-order chi connectivity index (χ1) is 11.3. The number of benzene rings is 1. The summed E-state index contributed by atoms with van der Waals surface area (Å²) in [4.78, 5) is 25.4. The molecule has 0 unspecified atom stereocenters. The molecule has 0 saturated heterocycles. The lowest BCUT2D eigenvalue weighted by Crippen LogP contribution is -2.44. The second-order valence-electron chi connectivity index (χ2n) is 5.66. The molecule has 132 valence electrons. The predicted octanol–water partition coefficient (Wildman–Crippen LogP) is 0.322. The van der Waals surface area contributed by atoms with Crippen LogP contribution in [0.1, 0.15) is 25.3 Å². The molecular formula is C15H22N4O4S. The normalized spacial score (nSPS) is 13.5. The molecule has 9 heteroatoms. The van der Waals surface area contributed by atoms with Crippen LogP contribution in [0.25, 0.3) is 0 Å². The van der Waals surface area contributed by atoms with Crippen molar-refractivity contribution in [1.82, 2.24) is 10.6 Å². The van der Waals surface area contributed by atoms with Crippen molar-refractivity contribution in [1.29, 1.82) is 0 Å². The number of hydrogen-bond acceptors (Lipinski definition) is 5. The van der Waals surface area contributed by atoms with Crippen molar-refractivity contribution in [3.8, 4) is 0 Å². The van der Waals surface area contributed by atoms with Gasteiger partial charge < -0.3 is 10.2 Å². The number of rotatable bonds is 6. The third-order valence-electron chi connectivity index (χ3n) is 3.77. The molecule has 0 aromatic heterocycles.